The first-order valence-corrected chi connectivity index (χ1v) is 10.9. The van der Waals surface area contributed by atoms with Crippen LogP contribution in [0.2, 0.25) is 0 Å². The van der Waals surface area contributed by atoms with Crippen molar-refractivity contribution in [2.24, 2.45) is 0 Å². The van der Waals surface area contributed by atoms with E-state index >= 15 is 0 Å². The second kappa shape index (κ2) is 8.96. The summed E-state index contributed by atoms with van der Waals surface area (Å²) in [5.74, 6) is 2.21. The third-order valence-electron chi connectivity index (χ3n) is 4.76. The van der Waals surface area contributed by atoms with Crippen molar-refractivity contribution < 1.29 is 9.26 Å². The maximum absolute atomic E-state index is 5.51. The molecule has 0 amide bonds. The molecule has 29 heavy (non-hydrogen) atoms. The SMILES string of the molecule is CCCc1noc([C@@H](C)Sc2nnc(N3CCOCC3)n2-c2cccc(C)c2)n1. The minimum Gasteiger partial charge on any atom is -0.378 e. The zero-order chi connectivity index (χ0) is 20.2. The number of anilines is 1. The number of thioether (sulfide) groups is 1. The molecule has 1 aliphatic heterocycles. The van der Waals surface area contributed by atoms with Crippen LogP contribution in [0.4, 0.5) is 5.95 Å². The number of hydrogen-bond donors (Lipinski definition) is 0. The Morgan fingerprint density at radius 1 is 1.21 bits per heavy atom. The van der Waals surface area contributed by atoms with Crippen molar-refractivity contribution in [3.8, 4) is 5.69 Å². The molecule has 4 rings (SSSR count). The number of rotatable bonds is 7. The van der Waals surface area contributed by atoms with Crippen LogP contribution in [0.1, 0.15) is 42.8 Å². The van der Waals surface area contributed by atoms with Gasteiger partial charge in [-0.3, -0.25) is 4.57 Å². The van der Waals surface area contributed by atoms with E-state index in [1.807, 2.05) is 0 Å². The molecule has 0 radical (unpaired) electrons. The predicted octanol–water partition coefficient (Wildman–Crippen LogP) is 3.60. The molecule has 3 aromatic rings. The highest BCUT2D eigenvalue weighted by Gasteiger charge is 2.25. The Labute approximate surface area is 174 Å². The predicted molar refractivity (Wildman–Crippen MR) is 112 cm³/mol. The van der Waals surface area contributed by atoms with E-state index in [1.165, 1.54) is 5.56 Å². The first-order chi connectivity index (χ1) is 14.2. The molecule has 1 aromatic carbocycles. The van der Waals surface area contributed by atoms with Crippen molar-refractivity contribution in [3.63, 3.8) is 0 Å². The van der Waals surface area contributed by atoms with E-state index in [9.17, 15) is 0 Å². The van der Waals surface area contributed by atoms with Crippen molar-refractivity contribution in [1.29, 1.82) is 0 Å². The molecule has 2 aromatic heterocycles. The lowest BCUT2D eigenvalue weighted by atomic mass is 10.2. The van der Waals surface area contributed by atoms with E-state index in [0.717, 1.165) is 48.5 Å². The van der Waals surface area contributed by atoms with Crippen LogP contribution >= 0.6 is 11.8 Å². The Morgan fingerprint density at radius 3 is 2.79 bits per heavy atom. The van der Waals surface area contributed by atoms with Crippen LogP contribution in [0.15, 0.2) is 33.9 Å². The normalized spacial score (nSPS) is 15.6. The second-order valence-corrected chi connectivity index (χ2v) is 8.42. The zero-order valence-corrected chi connectivity index (χ0v) is 17.9. The summed E-state index contributed by atoms with van der Waals surface area (Å²) in [5.41, 5.74) is 2.23. The summed E-state index contributed by atoms with van der Waals surface area (Å²) in [6.45, 7) is 9.24. The molecule has 0 saturated carbocycles. The maximum Gasteiger partial charge on any atom is 0.239 e. The smallest absolute Gasteiger partial charge is 0.239 e. The summed E-state index contributed by atoms with van der Waals surface area (Å²) < 4.78 is 13.1. The Bertz CT molecular complexity index is 950. The lowest BCUT2D eigenvalue weighted by molar-refractivity contribution is 0.122. The molecule has 3 heterocycles. The molecule has 0 unspecified atom stereocenters. The molecule has 0 bridgehead atoms. The van der Waals surface area contributed by atoms with Gasteiger partial charge in [0.05, 0.1) is 24.2 Å². The van der Waals surface area contributed by atoms with Crippen LogP contribution in [0.5, 0.6) is 0 Å². The van der Waals surface area contributed by atoms with Gasteiger partial charge >= 0.3 is 0 Å². The standard InChI is InChI=1S/C20H26N6O2S/c1-4-6-17-21-18(28-24-17)15(3)29-20-23-22-19(25-9-11-27-12-10-25)26(20)16-8-5-7-14(2)13-16/h5,7-8,13,15H,4,6,9-12H2,1-3H3/t15-/m1/s1. The summed E-state index contributed by atoms with van der Waals surface area (Å²) in [4.78, 5) is 6.75. The second-order valence-electron chi connectivity index (χ2n) is 7.12. The van der Waals surface area contributed by atoms with Gasteiger partial charge in [0.2, 0.25) is 11.8 Å². The molecular formula is C20H26N6O2S. The maximum atomic E-state index is 5.51. The van der Waals surface area contributed by atoms with Crippen molar-refractivity contribution in [2.75, 3.05) is 31.2 Å². The highest BCUT2D eigenvalue weighted by Crippen LogP contribution is 2.36. The third kappa shape index (κ3) is 4.45. The number of ether oxygens (including phenoxy) is 1. The molecule has 8 nitrogen and oxygen atoms in total. The quantitative estimate of drug-likeness (QED) is 0.543. The summed E-state index contributed by atoms with van der Waals surface area (Å²) in [6.07, 6.45) is 1.81. The van der Waals surface area contributed by atoms with Crippen molar-refractivity contribution in [1.82, 2.24) is 24.9 Å². The van der Waals surface area contributed by atoms with Crippen LogP contribution in [-0.2, 0) is 11.2 Å². The van der Waals surface area contributed by atoms with E-state index in [4.69, 9.17) is 9.26 Å². The number of aromatic nitrogens is 5. The van der Waals surface area contributed by atoms with Crippen LogP contribution < -0.4 is 4.90 Å². The van der Waals surface area contributed by atoms with Gasteiger partial charge in [0.1, 0.15) is 0 Å². The zero-order valence-electron chi connectivity index (χ0n) is 17.0. The van der Waals surface area contributed by atoms with Crippen molar-refractivity contribution >= 4 is 17.7 Å². The van der Waals surface area contributed by atoms with Crippen LogP contribution in [0.3, 0.4) is 0 Å². The van der Waals surface area contributed by atoms with Gasteiger partial charge in [-0.05, 0) is 38.0 Å². The van der Waals surface area contributed by atoms with Crippen LogP contribution in [-0.4, -0.2) is 51.2 Å². The molecule has 0 aliphatic carbocycles. The molecular weight excluding hydrogens is 388 g/mol. The highest BCUT2D eigenvalue weighted by molar-refractivity contribution is 7.99. The summed E-state index contributed by atoms with van der Waals surface area (Å²) in [5, 5.41) is 13.9. The number of aryl methyl sites for hydroxylation is 2. The summed E-state index contributed by atoms with van der Waals surface area (Å²) >= 11 is 1.58. The minimum atomic E-state index is -0.0293. The molecule has 1 saturated heterocycles. The lowest BCUT2D eigenvalue weighted by Gasteiger charge is -2.28. The molecule has 1 fully saturated rings. The molecule has 0 N–H and O–H groups in total. The Balaban J connectivity index is 1.66. The molecule has 0 spiro atoms. The lowest BCUT2D eigenvalue weighted by Crippen LogP contribution is -2.37. The van der Waals surface area contributed by atoms with E-state index in [-0.39, 0.29) is 5.25 Å². The fraction of sp³-hybridized carbons (Fsp3) is 0.500. The average Bonchev–Trinajstić information content (AvgIpc) is 3.36. The van der Waals surface area contributed by atoms with Crippen molar-refractivity contribution in [2.45, 2.75) is 44.0 Å². The largest absolute Gasteiger partial charge is 0.378 e. The van der Waals surface area contributed by atoms with E-state index in [1.54, 1.807) is 11.8 Å². The summed E-state index contributed by atoms with van der Waals surface area (Å²) in [7, 11) is 0. The fourth-order valence-electron chi connectivity index (χ4n) is 3.27. The van der Waals surface area contributed by atoms with Gasteiger partial charge < -0.3 is 14.2 Å². The molecule has 154 valence electrons. The number of benzene rings is 1. The van der Waals surface area contributed by atoms with Gasteiger partial charge in [0, 0.05) is 19.5 Å². The van der Waals surface area contributed by atoms with Gasteiger partial charge in [0.15, 0.2) is 11.0 Å². The molecule has 9 heteroatoms. The minimum absolute atomic E-state index is 0.0293. The number of nitrogens with zero attached hydrogens (tertiary/aromatic N) is 6. The van der Waals surface area contributed by atoms with Gasteiger partial charge in [-0.15, -0.1) is 10.2 Å². The van der Waals surface area contributed by atoms with E-state index < -0.39 is 0 Å². The number of morpholine rings is 1. The average molecular weight is 415 g/mol. The van der Waals surface area contributed by atoms with Crippen molar-refractivity contribution in [3.05, 3.63) is 41.5 Å². The fourth-order valence-corrected chi connectivity index (χ4v) is 4.16. The molecule has 1 aliphatic rings. The third-order valence-corrected chi connectivity index (χ3v) is 5.79. The first kappa shape index (κ1) is 19.9. The highest BCUT2D eigenvalue weighted by atomic mass is 32.2. The first-order valence-electron chi connectivity index (χ1n) is 10.00. The van der Waals surface area contributed by atoms with Gasteiger partial charge in [0.25, 0.3) is 0 Å². The van der Waals surface area contributed by atoms with Crippen LogP contribution in [0.25, 0.3) is 5.69 Å². The Hall–Kier alpha value is -2.39. The Kier molecular flexibility index (Phi) is 6.15. The van der Waals surface area contributed by atoms with Gasteiger partial charge in [-0.25, -0.2) is 0 Å². The van der Waals surface area contributed by atoms with E-state index in [0.29, 0.717) is 19.1 Å². The van der Waals surface area contributed by atoms with E-state index in [2.05, 4.69) is 74.8 Å². The van der Waals surface area contributed by atoms with Crippen LogP contribution in [0, 0.1) is 6.92 Å². The Morgan fingerprint density at radius 2 is 2.03 bits per heavy atom. The monoisotopic (exact) mass is 414 g/mol. The topological polar surface area (TPSA) is 82.1 Å². The van der Waals surface area contributed by atoms with Gasteiger partial charge in [-0.2, -0.15) is 4.98 Å². The van der Waals surface area contributed by atoms with Gasteiger partial charge in [-0.1, -0.05) is 36.0 Å². The summed E-state index contributed by atoms with van der Waals surface area (Å²) in [6, 6.07) is 8.38. The number of hydrogen-bond acceptors (Lipinski definition) is 8. The molecule has 1 atom stereocenters.